The Morgan fingerprint density at radius 3 is 2.93 bits per heavy atom. The predicted octanol–water partition coefficient (Wildman–Crippen LogP) is 2.40. The molecule has 1 unspecified atom stereocenters. The number of carbonyl (C=O) groups excluding carboxylic acids is 1. The Balaban J connectivity index is 2.42. The van der Waals surface area contributed by atoms with Gasteiger partial charge >= 0.3 is 0 Å². The van der Waals surface area contributed by atoms with Crippen LogP contribution in [0.25, 0.3) is 0 Å². The zero-order valence-electron chi connectivity index (χ0n) is 8.50. The van der Waals surface area contributed by atoms with E-state index in [0.717, 1.165) is 16.6 Å². The van der Waals surface area contributed by atoms with Crippen molar-refractivity contribution in [1.29, 1.82) is 0 Å². The van der Waals surface area contributed by atoms with Crippen LogP contribution in [0.5, 0.6) is 0 Å². The van der Waals surface area contributed by atoms with Crippen molar-refractivity contribution in [3.05, 3.63) is 20.8 Å². The van der Waals surface area contributed by atoms with Gasteiger partial charge in [-0.3, -0.25) is 4.79 Å². The molecule has 0 saturated heterocycles. The quantitative estimate of drug-likeness (QED) is 0.875. The van der Waals surface area contributed by atoms with Crippen molar-refractivity contribution in [2.45, 2.75) is 25.8 Å². The summed E-state index contributed by atoms with van der Waals surface area (Å²) in [6.07, 6.45) is 1.52. The van der Waals surface area contributed by atoms with E-state index in [0.29, 0.717) is 4.88 Å². The van der Waals surface area contributed by atoms with Gasteiger partial charge in [0.25, 0.3) is 5.91 Å². The molecule has 0 radical (unpaired) electrons. The average molecular weight is 292 g/mol. The fourth-order valence-electron chi connectivity index (χ4n) is 1.20. The van der Waals surface area contributed by atoms with Gasteiger partial charge in [0, 0.05) is 12.6 Å². The first-order chi connectivity index (χ1) is 7.13. The first-order valence-corrected chi connectivity index (χ1v) is 6.41. The van der Waals surface area contributed by atoms with Crippen molar-refractivity contribution < 1.29 is 9.90 Å². The number of thiophene rings is 1. The van der Waals surface area contributed by atoms with Crippen LogP contribution in [0.4, 0.5) is 0 Å². The molecule has 0 aromatic carbocycles. The first kappa shape index (κ1) is 12.7. The van der Waals surface area contributed by atoms with Gasteiger partial charge in [0.2, 0.25) is 0 Å². The molecule has 0 fully saturated rings. The van der Waals surface area contributed by atoms with E-state index >= 15 is 0 Å². The van der Waals surface area contributed by atoms with Gasteiger partial charge in [-0.2, -0.15) is 0 Å². The molecule has 1 amide bonds. The van der Waals surface area contributed by atoms with Crippen molar-refractivity contribution in [1.82, 2.24) is 5.32 Å². The van der Waals surface area contributed by atoms with Crippen LogP contribution in [0.2, 0.25) is 0 Å². The monoisotopic (exact) mass is 291 g/mol. The smallest absolute Gasteiger partial charge is 0.261 e. The maximum atomic E-state index is 11.6. The third-order valence-electron chi connectivity index (χ3n) is 1.97. The van der Waals surface area contributed by atoms with E-state index in [1.54, 1.807) is 6.07 Å². The average Bonchev–Trinajstić information content (AvgIpc) is 2.61. The van der Waals surface area contributed by atoms with Crippen LogP contribution in [-0.2, 0) is 0 Å². The number of carbonyl (C=O) groups is 1. The summed E-state index contributed by atoms with van der Waals surface area (Å²) in [5.41, 5.74) is 0. The standard InChI is InChI=1S/C10H14BrNO2S/c1-7(3-2-6-13)12-10(14)8-4-5-9(11)15-8/h4-5,7,13H,2-3,6H2,1H3,(H,12,14). The summed E-state index contributed by atoms with van der Waals surface area (Å²) in [6, 6.07) is 3.76. The molecule has 1 aromatic heterocycles. The molecule has 0 aliphatic heterocycles. The molecule has 2 N–H and O–H groups in total. The molecule has 1 heterocycles. The van der Waals surface area contributed by atoms with Gasteiger partial charge in [-0.15, -0.1) is 11.3 Å². The summed E-state index contributed by atoms with van der Waals surface area (Å²) >= 11 is 4.73. The lowest BCUT2D eigenvalue weighted by Gasteiger charge is -2.11. The second kappa shape index (κ2) is 6.25. The van der Waals surface area contributed by atoms with Crippen LogP contribution < -0.4 is 5.32 Å². The molecule has 0 aliphatic carbocycles. The molecule has 84 valence electrons. The Kier molecular flexibility index (Phi) is 5.28. The fourth-order valence-corrected chi connectivity index (χ4v) is 2.49. The van der Waals surface area contributed by atoms with E-state index in [4.69, 9.17) is 5.11 Å². The predicted molar refractivity (Wildman–Crippen MR) is 65.3 cm³/mol. The van der Waals surface area contributed by atoms with E-state index < -0.39 is 0 Å². The molecule has 5 heteroatoms. The minimum atomic E-state index is -0.0452. The highest BCUT2D eigenvalue weighted by Crippen LogP contribution is 2.21. The summed E-state index contributed by atoms with van der Waals surface area (Å²) in [6.45, 7) is 2.11. The SMILES string of the molecule is CC(CCCO)NC(=O)c1ccc(Br)s1. The lowest BCUT2D eigenvalue weighted by Crippen LogP contribution is -2.32. The van der Waals surface area contributed by atoms with E-state index in [2.05, 4.69) is 21.2 Å². The second-order valence-corrected chi connectivity index (χ2v) is 5.81. The third-order valence-corrected chi connectivity index (χ3v) is 3.59. The number of halogens is 1. The number of rotatable bonds is 5. The lowest BCUT2D eigenvalue weighted by molar-refractivity contribution is 0.0940. The van der Waals surface area contributed by atoms with E-state index in [1.807, 2.05) is 13.0 Å². The summed E-state index contributed by atoms with van der Waals surface area (Å²) < 4.78 is 0.954. The van der Waals surface area contributed by atoms with Gasteiger partial charge in [-0.25, -0.2) is 0 Å². The molecule has 1 atom stereocenters. The molecular formula is C10H14BrNO2S. The van der Waals surface area contributed by atoms with Crippen LogP contribution in [-0.4, -0.2) is 23.7 Å². The second-order valence-electron chi connectivity index (χ2n) is 3.34. The van der Waals surface area contributed by atoms with Crippen molar-refractivity contribution in [3.63, 3.8) is 0 Å². The highest BCUT2D eigenvalue weighted by molar-refractivity contribution is 9.11. The maximum Gasteiger partial charge on any atom is 0.261 e. The molecule has 1 aromatic rings. The normalized spacial score (nSPS) is 12.5. The van der Waals surface area contributed by atoms with Crippen LogP contribution in [0, 0.1) is 0 Å². The highest BCUT2D eigenvalue weighted by Gasteiger charge is 2.11. The van der Waals surface area contributed by atoms with Crippen molar-refractivity contribution in [2.24, 2.45) is 0 Å². The Labute approximate surface area is 102 Å². The first-order valence-electron chi connectivity index (χ1n) is 4.80. The topological polar surface area (TPSA) is 49.3 Å². The van der Waals surface area contributed by atoms with Crippen molar-refractivity contribution >= 4 is 33.2 Å². The molecule has 0 bridgehead atoms. The van der Waals surface area contributed by atoms with Crippen LogP contribution in [0.1, 0.15) is 29.4 Å². The van der Waals surface area contributed by atoms with Gasteiger partial charge in [0.1, 0.15) is 0 Å². The van der Waals surface area contributed by atoms with Crippen LogP contribution in [0.15, 0.2) is 15.9 Å². The molecule has 0 spiro atoms. The van der Waals surface area contributed by atoms with Crippen LogP contribution >= 0.6 is 27.3 Å². The third kappa shape index (κ3) is 4.32. The van der Waals surface area contributed by atoms with Crippen LogP contribution in [0.3, 0.4) is 0 Å². The molecule has 3 nitrogen and oxygen atoms in total. The van der Waals surface area contributed by atoms with Crippen molar-refractivity contribution in [3.8, 4) is 0 Å². The summed E-state index contributed by atoms with van der Waals surface area (Å²) in [4.78, 5) is 12.4. The lowest BCUT2D eigenvalue weighted by atomic mass is 10.2. The summed E-state index contributed by atoms with van der Waals surface area (Å²) in [5.74, 6) is -0.0452. The Morgan fingerprint density at radius 1 is 1.67 bits per heavy atom. The Hall–Kier alpha value is -0.390. The number of hydrogen-bond donors (Lipinski definition) is 2. The van der Waals surface area contributed by atoms with Gasteiger partial charge in [-0.05, 0) is 47.8 Å². The molecule has 0 saturated carbocycles. The Morgan fingerprint density at radius 2 is 2.40 bits per heavy atom. The molecular weight excluding hydrogens is 278 g/mol. The van der Waals surface area contributed by atoms with E-state index in [1.165, 1.54) is 11.3 Å². The minimum Gasteiger partial charge on any atom is -0.396 e. The number of nitrogens with one attached hydrogen (secondary N) is 1. The van der Waals surface area contributed by atoms with Gasteiger partial charge in [-0.1, -0.05) is 0 Å². The molecule has 1 rings (SSSR count). The van der Waals surface area contributed by atoms with Gasteiger partial charge in [0.15, 0.2) is 0 Å². The number of amides is 1. The maximum absolute atomic E-state index is 11.6. The molecule has 0 aliphatic rings. The summed E-state index contributed by atoms with van der Waals surface area (Å²) in [5, 5.41) is 11.5. The Bertz CT molecular complexity index is 327. The largest absolute Gasteiger partial charge is 0.396 e. The number of hydrogen-bond acceptors (Lipinski definition) is 3. The minimum absolute atomic E-state index is 0.0452. The van der Waals surface area contributed by atoms with Gasteiger partial charge < -0.3 is 10.4 Å². The number of aliphatic hydroxyl groups is 1. The fraction of sp³-hybridized carbons (Fsp3) is 0.500. The van der Waals surface area contributed by atoms with E-state index in [-0.39, 0.29) is 18.6 Å². The zero-order chi connectivity index (χ0) is 11.3. The summed E-state index contributed by atoms with van der Waals surface area (Å²) in [7, 11) is 0. The van der Waals surface area contributed by atoms with Crippen molar-refractivity contribution in [2.75, 3.05) is 6.61 Å². The van der Waals surface area contributed by atoms with E-state index in [9.17, 15) is 4.79 Å². The zero-order valence-corrected chi connectivity index (χ0v) is 10.9. The van der Waals surface area contributed by atoms with Gasteiger partial charge in [0.05, 0.1) is 8.66 Å². The highest BCUT2D eigenvalue weighted by atomic mass is 79.9. The number of aliphatic hydroxyl groups excluding tert-OH is 1. The molecule has 15 heavy (non-hydrogen) atoms.